The molecule has 124 valence electrons. The van der Waals surface area contributed by atoms with Gasteiger partial charge < -0.3 is 10.1 Å². The molecule has 0 atom stereocenters. The first-order valence-corrected chi connectivity index (χ1v) is 8.66. The normalized spacial score (nSPS) is 11.1. The molecule has 4 aromatic rings. The number of aliphatic hydroxyl groups excluding tert-OH is 1. The lowest BCUT2D eigenvalue weighted by Gasteiger charge is -2.08. The number of nitrogens with zero attached hydrogens (tertiary/aromatic N) is 1. The van der Waals surface area contributed by atoms with E-state index in [2.05, 4.69) is 9.97 Å². The Hall–Kier alpha value is -2.63. The van der Waals surface area contributed by atoms with Crippen LogP contribution in [0.1, 0.15) is 5.56 Å². The van der Waals surface area contributed by atoms with E-state index in [1.165, 1.54) is 23.9 Å². The number of benzene rings is 2. The molecule has 0 bridgehead atoms. The standard InChI is InChI=1S/C20H15FN2OS/c21-15-5-2-6-16(10-15)25-18-11-23-20-19(18)17(7-8-22-20)14-4-1-3-13(9-14)12-24/h1-11,24H,12H2,(H,22,23). The van der Waals surface area contributed by atoms with Crippen LogP contribution >= 0.6 is 11.8 Å². The lowest BCUT2D eigenvalue weighted by Crippen LogP contribution is -1.87. The number of aromatic amines is 1. The number of aliphatic hydroxyl groups is 1. The lowest BCUT2D eigenvalue weighted by molar-refractivity contribution is 0.282. The van der Waals surface area contributed by atoms with E-state index in [1.807, 2.05) is 42.6 Å². The fourth-order valence-corrected chi connectivity index (χ4v) is 3.84. The summed E-state index contributed by atoms with van der Waals surface area (Å²) in [4.78, 5) is 9.40. The first-order valence-electron chi connectivity index (χ1n) is 7.84. The summed E-state index contributed by atoms with van der Waals surface area (Å²) < 4.78 is 13.5. The van der Waals surface area contributed by atoms with E-state index in [0.717, 1.165) is 37.5 Å². The fraction of sp³-hybridized carbons (Fsp3) is 0.0500. The summed E-state index contributed by atoms with van der Waals surface area (Å²) in [5.41, 5.74) is 3.68. The van der Waals surface area contributed by atoms with Gasteiger partial charge in [-0.05, 0) is 47.0 Å². The summed E-state index contributed by atoms with van der Waals surface area (Å²) in [6.45, 7) is 0.000102. The van der Waals surface area contributed by atoms with Gasteiger partial charge in [0.25, 0.3) is 0 Å². The Morgan fingerprint density at radius 2 is 1.96 bits per heavy atom. The zero-order valence-corrected chi connectivity index (χ0v) is 14.1. The molecule has 0 saturated carbocycles. The van der Waals surface area contributed by atoms with Crippen LogP contribution in [0.15, 0.2) is 76.8 Å². The second-order valence-corrected chi connectivity index (χ2v) is 6.77. The van der Waals surface area contributed by atoms with Crippen LogP contribution in [0.2, 0.25) is 0 Å². The van der Waals surface area contributed by atoms with E-state index in [1.54, 1.807) is 12.3 Å². The SMILES string of the molecule is OCc1cccc(-c2ccnc3[nH]cc(Sc4cccc(F)c4)c23)c1. The predicted molar refractivity (Wildman–Crippen MR) is 98.0 cm³/mol. The van der Waals surface area contributed by atoms with Crippen molar-refractivity contribution in [1.29, 1.82) is 0 Å². The molecule has 0 aliphatic rings. The lowest BCUT2D eigenvalue weighted by atomic mass is 10.0. The number of nitrogens with one attached hydrogen (secondary N) is 1. The Bertz CT molecular complexity index is 1040. The minimum absolute atomic E-state index is 0.000102. The molecule has 2 heterocycles. The molecule has 0 radical (unpaired) electrons. The number of H-pyrrole nitrogens is 1. The molecule has 0 fully saturated rings. The zero-order chi connectivity index (χ0) is 17.2. The maximum Gasteiger partial charge on any atom is 0.139 e. The van der Waals surface area contributed by atoms with Crippen LogP contribution < -0.4 is 0 Å². The first-order chi connectivity index (χ1) is 12.2. The highest BCUT2D eigenvalue weighted by Crippen LogP contribution is 2.38. The maximum absolute atomic E-state index is 13.5. The summed E-state index contributed by atoms with van der Waals surface area (Å²) in [6.07, 6.45) is 3.66. The number of aromatic nitrogens is 2. The molecule has 0 aliphatic heterocycles. The van der Waals surface area contributed by atoms with Crippen molar-refractivity contribution in [1.82, 2.24) is 9.97 Å². The molecule has 25 heavy (non-hydrogen) atoms. The van der Waals surface area contributed by atoms with E-state index in [4.69, 9.17) is 0 Å². The van der Waals surface area contributed by atoms with Crippen LogP contribution in [0.25, 0.3) is 22.2 Å². The fourth-order valence-electron chi connectivity index (χ4n) is 2.84. The number of rotatable bonds is 4. The molecule has 0 spiro atoms. The van der Waals surface area contributed by atoms with E-state index < -0.39 is 0 Å². The van der Waals surface area contributed by atoms with Crippen molar-refractivity contribution < 1.29 is 9.50 Å². The third-order valence-corrected chi connectivity index (χ3v) is 5.01. The third-order valence-electron chi connectivity index (χ3n) is 3.98. The largest absolute Gasteiger partial charge is 0.392 e. The molecule has 5 heteroatoms. The number of fused-ring (bicyclic) bond motifs is 1. The van der Waals surface area contributed by atoms with Gasteiger partial charge in [0, 0.05) is 27.6 Å². The molecular formula is C20H15FN2OS. The van der Waals surface area contributed by atoms with Crippen molar-refractivity contribution in [3.05, 3.63) is 78.4 Å². The highest BCUT2D eigenvalue weighted by molar-refractivity contribution is 7.99. The summed E-state index contributed by atoms with van der Waals surface area (Å²) in [5.74, 6) is -0.251. The quantitative estimate of drug-likeness (QED) is 0.544. The van der Waals surface area contributed by atoms with Gasteiger partial charge in [0.05, 0.1) is 6.61 Å². The zero-order valence-electron chi connectivity index (χ0n) is 13.2. The Balaban J connectivity index is 1.84. The third kappa shape index (κ3) is 3.16. The summed E-state index contributed by atoms with van der Waals surface area (Å²) in [6, 6.07) is 16.3. The van der Waals surface area contributed by atoms with Crippen molar-refractivity contribution in [3.8, 4) is 11.1 Å². The van der Waals surface area contributed by atoms with Crippen molar-refractivity contribution in [2.45, 2.75) is 16.4 Å². The number of halogens is 1. The van der Waals surface area contributed by atoms with Gasteiger partial charge in [0.1, 0.15) is 11.5 Å². The summed E-state index contributed by atoms with van der Waals surface area (Å²) >= 11 is 1.50. The van der Waals surface area contributed by atoms with E-state index in [0.29, 0.717) is 0 Å². The van der Waals surface area contributed by atoms with E-state index in [9.17, 15) is 9.50 Å². The average Bonchev–Trinajstić information content (AvgIpc) is 3.05. The second-order valence-electron chi connectivity index (χ2n) is 5.65. The highest BCUT2D eigenvalue weighted by atomic mass is 32.2. The molecule has 4 rings (SSSR count). The van der Waals surface area contributed by atoms with Gasteiger partial charge in [-0.15, -0.1) is 0 Å². The van der Waals surface area contributed by atoms with Gasteiger partial charge in [-0.2, -0.15) is 0 Å². The second kappa shape index (κ2) is 6.70. The molecule has 2 N–H and O–H groups in total. The minimum atomic E-state index is -0.251. The molecule has 0 amide bonds. The van der Waals surface area contributed by atoms with Gasteiger partial charge in [-0.25, -0.2) is 9.37 Å². The van der Waals surface area contributed by atoms with Crippen molar-refractivity contribution in [2.24, 2.45) is 0 Å². The maximum atomic E-state index is 13.5. The van der Waals surface area contributed by atoms with E-state index in [-0.39, 0.29) is 12.4 Å². The monoisotopic (exact) mass is 350 g/mol. The Kier molecular flexibility index (Phi) is 4.26. The van der Waals surface area contributed by atoms with Crippen LogP contribution in [-0.2, 0) is 6.61 Å². The van der Waals surface area contributed by atoms with Gasteiger partial charge in [-0.1, -0.05) is 36.0 Å². The molecular weight excluding hydrogens is 335 g/mol. The molecule has 2 aromatic carbocycles. The van der Waals surface area contributed by atoms with Gasteiger partial charge >= 0.3 is 0 Å². The molecule has 0 aliphatic carbocycles. The van der Waals surface area contributed by atoms with Crippen molar-refractivity contribution >= 4 is 22.8 Å². The number of pyridine rings is 1. The number of hydrogen-bond acceptors (Lipinski definition) is 3. The summed E-state index contributed by atoms with van der Waals surface area (Å²) in [7, 11) is 0. The van der Waals surface area contributed by atoms with Crippen LogP contribution in [-0.4, -0.2) is 15.1 Å². The number of hydrogen-bond donors (Lipinski definition) is 2. The van der Waals surface area contributed by atoms with Crippen LogP contribution in [0.5, 0.6) is 0 Å². The van der Waals surface area contributed by atoms with Crippen LogP contribution in [0, 0.1) is 5.82 Å². The minimum Gasteiger partial charge on any atom is -0.392 e. The van der Waals surface area contributed by atoms with Crippen LogP contribution in [0.4, 0.5) is 4.39 Å². The van der Waals surface area contributed by atoms with E-state index >= 15 is 0 Å². The Morgan fingerprint density at radius 1 is 1.08 bits per heavy atom. The molecule has 0 saturated heterocycles. The van der Waals surface area contributed by atoms with Gasteiger partial charge in [-0.3, -0.25) is 0 Å². The topological polar surface area (TPSA) is 48.9 Å². The van der Waals surface area contributed by atoms with Gasteiger partial charge in [0.2, 0.25) is 0 Å². The smallest absolute Gasteiger partial charge is 0.139 e. The Morgan fingerprint density at radius 3 is 2.80 bits per heavy atom. The highest BCUT2D eigenvalue weighted by Gasteiger charge is 2.13. The van der Waals surface area contributed by atoms with Gasteiger partial charge in [0.15, 0.2) is 0 Å². The Labute approximate surface area is 148 Å². The predicted octanol–water partition coefficient (Wildman–Crippen LogP) is 5.01. The molecule has 3 nitrogen and oxygen atoms in total. The average molecular weight is 350 g/mol. The van der Waals surface area contributed by atoms with Crippen molar-refractivity contribution in [2.75, 3.05) is 0 Å². The van der Waals surface area contributed by atoms with Crippen LogP contribution in [0.3, 0.4) is 0 Å². The molecule has 2 aromatic heterocycles. The summed E-state index contributed by atoms with van der Waals surface area (Å²) in [5, 5.41) is 10.4. The first kappa shape index (κ1) is 15.9. The molecule has 0 unspecified atom stereocenters. The van der Waals surface area contributed by atoms with Crippen molar-refractivity contribution in [3.63, 3.8) is 0 Å².